The Hall–Kier alpha value is -3.27. The zero-order chi connectivity index (χ0) is 26.3. The number of carbonyl (C=O) groups is 1. The first-order chi connectivity index (χ1) is 17.2. The van der Waals surface area contributed by atoms with E-state index < -0.39 is 10.0 Å². The fourth-order valence-electron chi connectivity index (χ4n) is 3.63. The number of methoxy groups -OCH3 is 3. The molecular weight excluding hydrogens is 504 g/mol. The zero-order valence-corrected chi connectivity index (χ0v) is 22.2. The van der Waals surface area contributed by atoms with Crippen molar-refractivity contribution in [2.24, 2.45) is 0 Å². The Kier molecular flexibility index (Phi) is 9.19. The lowest BCUT2D eigenvalue weighted by atomic mass is 10.1. The Balaban J connectivity index is 1.85. The van der Waals surface area contributed by atoms with E-state index in [1.165, 1.54) is 54.8 Å². The molecule has 10 heteroatoms. The molecule has 0 aliphatic heterocycles. The second-order valence-electron chi connectivity index (χ2n) is 8.00. The third kappa shape index (κ3) is 6.48. The molecule has 192 valence electrons. The number of hydrogen-bond acceptors (Lipinski definition) is 6. The Labute approximate surface area is 217 Å². The van der Waals surface area contributed by atoms with Gasteiger partial charge in [0.1, 0.15) is 0 Å². The second-order valence-corrected chi connectivity index (χ2v) is 10.4. The van der Waals surface area contributed by atoms with Crippen LogP contribution in [0.15, 0.2) is 71.6 Å². The van der Waals surface area contributed by atoms with Gasteiger partial charge in [-0.1, -0.05) is 41.9 Å². The number of carbonyl (C=O) groups excluding carboxylic acids is 1. The van der Waals surface area contributed by atoms with Gasteiger partial charge in [-0.2, -0.15) is 4.31 Å². The van der Waals surface area contributed by atoms with E-state index >= 15 is 0 Å². The Morgan fingerprint density at radius 2 is 1.42 bits per heavy atom. The maximum atomic E-state index is 13.5. The van der Waals surface area contributed by atoms with Crippen molar-refractivity contribution in [2.75, 3.05) is 34.9 Å². The first-order valence-electron chi connectivity index (χ1n) is 11.0. The molecule has 0 saturated heterocycles. The summed E-state index contributed by atoms with van der Waals surface area (Å²) < 4.78 is 44.2. The molecule has 0 heterocycles. The van der Waals surface area contributed by atoms with Gasteiger partial charge in [-0.25, -0.2) is 8.42 Å². The lowest BCUT2D eigenvalue weighted by Gasteiger charge is -2.25. The van der Waals surface area contributed by atoms with Crippen molar-refractivity contribution in [1.82, 2.24) is 9.21 Å². The first-order valence-corrected chi connectivity index (χ1v) is 12.8. The van der Waals surface area contributed by atoms with Crippen LogP contribution in [0.25, 0.3) is 0 Å². The topological polar surface area (TPSA) is 85.4 Å². The van der Waals surface area contributed by atoms with Crippen molar-refractivity contribution in [3.63, 3.8) is 0 Å². The van der Waals surface area contributed by atoms with Gasteiger partial charge in [0, 0.05) is 25.2 Å². The van der Waals surface area contributed by atoms with E-state index in [-0.39, 0.29) is 30.4 Å². The molecule has 3 aromatic rings. The van der Waals surface area contributed by atoms with Crippen LogP contribution in [0.1, 0.15) is 11.1 Å². The monoisotopic (exact) mass is 532 g/mol. The van der Waals surface area contributed by atoms with Gasteiger partial charge in [-0.3, -0.25) is 4.79 Å². The van der Waals surface area contributed by atoms with Gasteiger partial charge in [0.15, 0.2) is 11.5 Å². The molecule has 0 saturated carbocycles. The van der Waals surface area contributed by atoms with Crippen LogP contribution in [0.4, 0.5) is 0 Å². The lowest BCUT2D eigenvalue weighted by molar-refractivity contribution is -0.130. The van der Waals surface area contributed by atoms with E-state index in [9.17, 15) is 13.2 Å². The number of sulfonamides is 1. The molecule has 0 aromatic heterocycles. The second kappa shape index (κ2) is 12.1. The Bertz CT molecular complexity index is 1260. The van der Waals surface area contributed by atoms with Crippen LogP contribution in [-0.4, -0.2) is 58.5 Å². The maximum Gasteiger partial charge on any atom is 0.243 e. The van der Waals surface area contributed by atoms with Crippen molar-refractivity contribution >= 4 is 27.5 Å². The summed E-state index contributed by atoms with van der Waals surface area (Å²) in [6.45, 7) is -0.105. The predicted molar refractivity (Wildman–Crippen MR) is 138 cm³/mol. The van der Waals surface area contributed by atoms with Crippen molar-refractivity contribution in [3.8, 4) is 17.2 Å². The van der Waals surface area contributed by atoms with Crippen molar-refractivity contribution < 1.29 is 27.4 Å². The molecule has 0 bridgehead atoms. The van der Waals surface area contributed by atoms with E-state index in [1.54, 1.807) is 19.2 Å². The van der Waals surface area contributed by atoms with Crippen LogP contribution in [0.5, 0.6) is 17.2 Å². The Morgan fingerprint density at radius 3 is 1.94 bits per heavy atom. The van der Waals surface area contributed by atoms with Crippen LogP contribution in [0.2, 0.25) is 5.02 Å². The number of benzene rings is 3. The smallest absolute Gasteiger partial charge is 0.243 e. The number of rotatable bonds is 11. The SMILES string of the molecule is COc1cc(CN(C)C(=O)CN(Cc2ccccc2)S(=O)(=O)c2ccc(Cl)cc2)cc(OC)c1OC. The van der Waals surface area contributed by atoms with Gasteiger partial charge in [0.05, 0.1) is 32.8 Å². The van der Waals surface area contributed by atoms with Gasteiger partial charge >= 0.3 is 0 Å². The highest BCUT2D eigenvalue weighted by Gasteiger charge is 2.28. The quantitative estimate of drug-likeness (QED) is 0.368. The van der Waals surface area contributed by atoms with E-state index in [0.29, 0.717) is 22.3 Å². The predicted octanol–water partition coefficient (Wildman–Crippen LogP) is 4.22. The fourth-order valence-corrected chi connectivity index (χ4v) is 5.13. The maximum absolute atomic E-state index is 13.5. The highest BCUT2D eigenvalue weighted by atomic mass is 35.5. The molecule has 3 aromatic carbocycles. The van der Waals surface area contributed by atoms with Crippen LogP contribution >= 0.6 is 11.6 Å². The number of nitrogens with zero attached hydrogens (tertiary/aromatic N) is 2. The van der Waals surface area contributed by atoms with E-state index in [4.69, 9.17) is 25.8 Å². The third-order valence-corrected chi connectivity index (χ3v) is 7.59. The van der Waals surface area contributed by atoms with E-state index in [0.717, 1.165) is 11.1 Å². The molecule has 0 fully saturated rings. The number of hydrogen-bond donors (Lipinski definition) is 0. The highest BCUT2D eigenvalue weighted by Crippen LogP contribution is 2.38. The summed E-state index contributed by atoms with van der Waals surface area (Å²) in [7, 11) is 2.17. The third-order valence-electron chi connectivity index (χ3n) is 5.53. The van der Waals surface area contributed by atoms with Crippen LogP contribution in [0, 0.1) is 0 Å². The first kappa shape index (κ1) is 27.3. The summed E-state index contributed by atoms with van der Waals surface area (Å²) in [5, 5.41) is 0.421. The summed E-state index contributed by atoms with van der Waals surface area (Å²) in [4.78, 5) is 14.7. The zero-order valence-electron chi connectivity index (χ0n) is 20.6. The molecule has 0 aliphatic rings. The summed E-state index contributed by atoms with van der Waals surface area (Å²) in [6.07, 6.45) is 0. The average Bonchev–Trinajstić information content (AvgIpc) is 2.88. The summed E-state index contributed by atoms with van der Waals surface area (Å²) in [6, 6.07) is 18.5. The normalized spacial score (nSPS) is 11.3. The molecule has 36 heavy (non-hydrogen) atoms. The molecule has 8 nitrogen and oxygen atoms in total. The fraction of sp³-hybridized carbons (Fsp3) is 0.269. The summed E-state index contributed by atoms with van der Waals surface area (Å²) >= 11 is 5.94. The minimum atomic E-state index is -3.98. The van der Waals surface area contributed by atoms with Crippen LogP contribution < -0.4 is 14.2 Å². The van der Waals surface area contributed by atoms with Gasteiger partial charge in [-0.15, -0.1) is 0 Å². The molecular formula is C26H29ClN2O6S. The largest absolute Gasteiger partial charge is 0.493 e. The number of likely N-dealkylation sites (N-methyl/N-ethyl adjacent to an activating group) is 1. The Morgan fingerprint density at radius 1 is 0.833 bits per heavy atom. The lowest BCUT2D eigenvalue weighted by Crippen LogP contribution is -2.40. The number of amides is 1. The molecule has 0 radical (unpaired) electrons. The molecule has 3 rings (SSSR count). The van der Waals surface area contributed by atoms with Gasteiger partial charge in [0.25, 0.3) is 0 Å². The van der Waals surface area contributed by atoms with Crippen molar-refractivity contribution in [3.05, 3.63) is 82.9 Å². The number of halogens is 1. The minimum Gasteiger partial charge on any atom is -0.493 e. The van der Waals surface area contributed by atoms with Gasteiger partial charge < -0.3 is 19.1 Å². The molecule has 0 atom stereocenters. The van der Waals surface area contributed by atoms with E-state index in [2.05, 4.69) is 0 Å². The molecule has 0 unspecified atom stereocenters. The standard InChI is InChI=1S/C26H29ClN2O6S/c1-28(16-20-14-23(33-2)26(35-4)24(15-20)34-3)25(30)18-29(17-19-8-6-5-7-9-19)36(31,32)22-12-10-21(27)11-13-22/h5-15H,16-18H2,1-4H3. The van der Waals surface area contributed by atoms with Gasteiger partial charge in [-0.05, 0) is 47.5 Å². The molecule has 0 N–H and O–H groups in total. The molecule has 0 aliphatic carbocycles. The van der Waals surface area contributed by atoms with E-state index in [1.807, 2.05) is 30.3 Å². The van der Waals surface area contributed by atoms with Crippen LogP contribution in [0.3, 0.4) is 0 Å². The highest BCUT2D eigenvalue weighted by molar-refractivity contribution is 7.89. The van der Waals surface area contributed by atoms with Crippen LogP contribution in [-0.2, 0) is 27.9 Å². The number of ether oxygens (including phenoxy) is 3. The minimum absolute atomic E-state index is 0.0373. The van der Waals surface area contributed by atoms with Crippen molar-refractivity contribution in [1.29, 1.82) is 0 Å². The molecule has 0 spiro atoms. The molecule has 1 amide bonds. The summed E-state index contributed by atoms with van der Waals surface area (Å²) in [5.41, 5.74) is 1.49. The van der Waals surface area contributed by atoms with Gasteiger partial charge in [0.2, 0.25) is 21.7 Å². The average molecular weight is 533 g/mol. The summed E-state index contributed by atoms with van der Waals surface area (Å²) in [5.74, 6) is 0.991. The van der Waals surface area contributed by atoms with Crippen molar-refractivity contribution in [2.45, 2.75) is 18.0 Å².